The summed E-state index contributed by atoms with van der Waals surface area (Å²) < 4.78 is 0. The Morgan fingerprint density at radius 3 is 2.24 bits per heavy atom. The lowest BCUT2D eigenvalue weighted by molar-refractivity contribution is 0.491. The Bertz CT molecular complexity index is 491. The van der Waals surface area contributed by atoms with Crippen molar-refractivity contribution in [1.82, 2.24) is 0 Å². The van der Waals surface area contributed by atoms with Crippen LogP contribution in [0.3, 0.4) is 0 Å². The molecule has 2 heteroatoms. The highest BCUT2D eigenvalue weighted by Crippen LogP contribution is 2.28. The standard InChI is InChI=1S/C15H16ClN/c1-15(17,11-12-7-3-2-4-8-12)13-9-5-6-10-14(13)16/h2-10H,11,17H2,1H3. The van der Waals surface area contributed by atoms with E-state index in [1.165, 1.54) is 5.56 Å². The van der Waals surface area contributed by atoms with Crippen molar-refractivity contribution >= 4 is 11.6 Å². The molecule has 0 heterocycles. The Morgan fingerprint density at radius 1 is 1.00 bits per heavy atom. The minimum atomic E-state index is -0.445. The zero-order valence-electron chi connectivity index (χ0n) is 9.86. The van der Waals surface area contributed by atoms with Crippen LogP contribution in [0.4, 0.5) is 0 Å². The summed E-state index contributed by atoms with van der Waals surface area (Å²) in [5.41, 5.74) is 8.15. The van der Waals surface area contributed by atoms with Gasteiger partial charge >= 0.3 is 0 Å². The zero-order chi connectivity index (χ0) is 12.3. The summed E-state index contributed by atoms with van der Waals surface area (Å²) in [5, 5.41) is 0.730. The molecule has 0 fully saturated rings. The third kappa shape index (κ3) is 2.87. The number of nitrogens with two attached hydrogens (primary N) is 1. The highest BCUT2D eigenvalue weighted by atomic mass is 35.5. The van der Waals surface area contributed by atoms with Crippen LogP contribution < -0.4 is 5.73 Å². The predicted octanol–water partition coefficient (Wildman–Crippen LogP) is 3.76. The molecule has 1 nitrogen and oxygen atoms in total. The van der Waals surface area contributed by atoms with Gasteiger partial charge < -0.3 is 5.73 Å². The van der Waals surface area contributed by atoms with E-state index in [-0.39, 0.29) is 0 Å². The number of rotatable bonds is 3. The minimum absolute atomic E-state index is 0.445. The van der Waals surface area contributed by atoms with Gasteiger partial charge in [-0.25, -0.2) is 0 Å². The van der Waals surface area contributed by atoms with Crippen LogP contribution in [-0.2, 0) is 12.0 Å². The van der Waals surface area contributed by atoms with Gasteiger partial charge in [0.05, 0.1) is 0 Å². The molecule has 0 spiro atoms. The van der Waals surface area contributed by atoms with Gasteiger partial charge in [-0.2, -0.15) is 0 Å². The Morgan fingerprint density at radius 2 is 1.59 bits per heavy atom. The van der Waals surface area contributed by atoms with E-state index in [0.29, 0.717) is 0 Å². The van der Waals surface area contributed by atoms with Crippen molar-refractivity contribution in [1.29, 1.82) is 0 Å². The average Bonchev–Trinajstić information content (AvgIpc) is 2.30. The van der Waals surface area contributed by atoms with E-state index in [9.17, 15) is 0 Å². The van der Waals surface area contributed by atoms with Crippen LogP contribution in [0.15, 0.2) is 54.6 Å². The molecule has 0 aliphatic carbocycles. The molecule has 0 saturated heterocycles. The monoisotopic (exact) mass is 245 g/mol. The fraction of sp³-hybridized carbons (Fsp3) is 0.200. The second kappa shape index (κ2) is 4.91. The smallest absolute Gasteiger partial charge is 0.0456 e. The second-order valence-electron chi connectivity index (χ2n) is 4.56. The maximum absolute atomic E-state index is 6.39. The van der Waals surface area contributed by atoms with Gasteiger partial charge in [0.2, 0.25) is 0 Å². The molecule has 0 aromatic heterocycles. The topological polar surface area (TPSA) is 26.0 Å². The van der Waals surface area contributed by atoms with Crippen LogP contribution >= 0.6 is 11.6 Å². The van der Waals surface area contributed by atoms with E-state index < -0.39 is 5.54 Å². The molecule has 0 aliphatic heterocycles. The van der Waals surface area contributed by atoms with Gasteiger partial charge in [-0.1, -0.05) is 60.1 Å². The predicted molar refractivity (Wildman–Crippen MR) is 73.1 cm³/mol. The van der Waals surface area contributed by atoms with Gasteiger partial charge in [0, 0.05) is 10.6 Å². The SMILES string of the molecule is CC(N)(Cc1ccccc1)c1ccccc1Cl. The molecule has 2 aromatic carbocycles. The molecule has 1 unspecified atom stereocenters. The first-order valence-electron chi connectivity index (χ1n) is 5.67. The summed E-state index contributed by atoms with van der Waals surface area (Å²) in [6, 6.07) is 18.0. The first kappa shape index (κ1) is 12.2. The Hall–Kier alpha value is -1.31. The van der Waals surface area contributed by atoms with Crippen LogP contribution in [0.2, 0.25) is 5.02 Å². The minimum Gasteiger partial charge on any atom is -0.321 e. The van der Waals surface area contributed by atoms with E-state index >= 15 is 0 Å². The maximum Gasteiger partial charge on any atom is 0.0456 e. The maximum atomic E-state index is 6.39. The zero-order valence-corrected chi connectivity index (χ0v) is 10.6. The van der Waals surface area contributed by atoms with E-state index in [0.717, 1.165) is 17.0 Å². The molecule has 2 aromatic rings. The third-order valence-electron chi connectivity index (χ3n) is 2.90. The van der Waals surface area contributed by atoms with Crippen molar-refractivity contribution < 1.29 is 0 Å². The van der Waals surface area contributed by atoms with Crippen molar-refractivity contribution in [2.75, 3.05) is 0 Å². The lowest BCUT2D eigenvalue weighted by atomic mass is 9.86. The Labute approximate surface area is 107 Å². The van der Waals surface area contributed by atoms with E-state index in [1.54, 1.807) is 0 Å². The molecular weight excluding hydrogens is 230 g/mol. The van der Waals surface area contributed by atoms with Gasteiger partial charge in [0.1, 0.15) is 0 Å². The normalized spacial score (nSPS) is 14.3. The first-order chi connectivity index (χ1) is 8.09. The Balaban J connectivity index is 2.28. The van der Waals surface area contributed by atoms with E-state index in [4.69, 9.17) is 17.3 Å². The molecule has 88 valence electrons. The Kier molecular flexibility index (Phi) is 3.51. The van der Waals surface area contributed by atoms with Gasteiger partial charge in [-0.05, 0) is 30.5 Å². The number of hydrogen-bond donors (Lipinski definition) is 1. The molecular formula is C15H16ClN. The lowest BCUT2D eigenvalue weighted by Crippen LogP contribution is -2.35. The highest BCUT2D eigenvalue weighted by molar-refractivity contribution is 6.31. The summed E-state index contributed by atoms with van der Waals surface area (Å²) in [7, 11) is 0. The lowest BCUT2D eigenvalue weighted by Gasteiger charge is -2.26. The van der Waals surface area contributed by atoms with Gasteiger partial charge in [-0.15, -0.1) is 0 Å². The summed E-state index contributed by atoms with van der Waals surface area (Å²) in [4.78, 5) is 0. The van der Waals surface area contributed by atoms with Gasteiger partial charge in [0.25, 0.3) is 0 Å². The van der Waals surface area contributed by atoms with Crippen molar-refractivity contribution in [3.05, 3.63) is 70.7 Å². The molecule has 0 amide bonds. The first-order valence-corrected chi connectivity index (χ1v) is 6.05. The van der Waals surface area contributed by atoms with Crippen molar-refractivity contribution in [2.24, 2.45) is 5.73 Å². The van der Waals surface area contributed by atoms with Crippen LogP contribution in [0.25, 0.3) is 0 Å². The summed E-state index contributed by atoms with van der Waals surface area (Å²) in [6.07, 6.45) is 0.775. The van der Waals surface area contributed by atoms with Crippen molar-refractivity contribution in [3.63, 3.8) is 0 Å². The van der Waals surface area contributed by atoms with Crippen LogP contribution in [-0.4, -0.2) is 0 Å². The number of benzene rings is 2. The van der Waals surface area contributed by atoms with E-state index in [2.05, 4.69) is 12.1 Å². The van der Waals surface area contributed by atoms with Gasteiger partial charge in [0.15, 0.2) is 0 Å². The average molecular weight is 246 g/mol. The van der Waals surface area contributed by atoms with Crippen molar-refractivity contribution in [2.45, 2.75) is 18.9 Å². The van der Waals surface area contributed by atoms with E-state index in [1.807, 2.05) is 49.4 Å². The fourth-order valence-electron chi connectivity index (χ4n) is 2.04. The fourth-order valence-corrected chi connectivity index (χ4v) is 2.39. The molecule has 0 radical (unpaired) electrons. The molecule has 1 atom stereocenters. The number of halogens is 1. The summed E-state index contributed by atoms with van der Waals surface area (Å²) >= 11 is 6.19. The molecule has 17 heavy (non-hydrogen) atoms. The highest BCUT2D eigenvalue weighted by Gasteiger charge is 2.23. The third-order valence-corrected chi connectivity index (χ3v) is 3.23. The number of hydrogen-bond acceptors (Lipinski definition) is 1. The molecule has 0 aliphatic rings. The quantitative estimate of drug-likeness (QED) is 0.876. The summed E-state index contributed by atoms with van der Waals surface area (Å²) in [6.45, 7) is 2.02. The van der Waals surface area contributed by atoms with Crippen LogP contribution in [0, 0.1) is 0 Å². The second-order valence-corrected chi connectivity index (χ2v) is 4.97. The van der Waals surface area contributed by atoms with Crippen LogP contribution in [0.5, 0.6) is 0 Å². The molecule has 0 saturated carbocycles. The summed E-state index contributed by atoms with van der Waals surface area (Å²) in [5.74, 6) is 0. The van der Waals surface area contributed by atoms with Crippen LogP contribution in [0.1, 0.15) is 18.1 Å². The molecule has 2 N–H and O–H groups in total. The largest absolute Gasteiger partial charge is 0.321 e. The van der Waals surface area contributed by atoms with Crippen molar-refractivity contribution in [3.8, 4) is 0 Å². The molecule has 2 rings (SSSR count). The van der Waals surface area contributed by atoms with Gasteiger partial charge in [-0.3, -0.25) is 0 Å². The molecule has 0 bridgehead atoms.